The minimum atomic E-state index is -0.987. The third-order valence-corrected chi connectivity index (χ3v) is 2.04. The number of aromatic carboxylic acids is 1. The van der Waals surface area contributed by atoms with E-state index in [1.807, 2.05) is 0 Å². The molecule has 0 aliphatic carbocycles. The first-order valence-corrected chi connectivity index (χ1v) is 4.22. The normalized spacial score (nSPS) is 9.50. The molecule has 4 N–H and O–H groups in total. The topological polar surface area (TPSA) is 75.3 Å². The Morgan fingerprint density at radius 2 is 2.25 bits per heavy atom. The smallest absolute Gasteiger partial charge is 0.337 e. The minimum absolute atomic E-state index is 0.179. The van der Waals surface area contributed by atoms with E-state index in [0.717, 1.165) is 3.57 Å². The Balaban J connectivity index is 3.20. The molecule has 0 fully saturated rings. The van der Waals surface area contributed by atoms with Crippen LogP contribution in [0, 0.1) is 3.57 Å². The van der Waals surface area contributed by atoms with Gasteiger partial charge in [0.25, 0.3) is 0 Å². The maximum Gasteiger partial charge on any atom is 0.337 e. The van der Waals surface area contributed by atoms with Crippen LogP contribution in [-0.4, -0.2) is 11.1 Å². The summed E-state index contributed by atoms with van der Waals surface area (Å²) in [6, 6.07) is 4.90. The van der Waals surface area contributed by atoms with Gasteiger partial charge in [-0.25, -0.2) is 4.79 Å². The highest BCUT2D eigenvalue weighted by Crippen LogP contribution is 2.17. The molecule has 1 aromatic rings. The van der Waals surface area contributed by atoms with Crippen LogP contribution in [0.5, 0.6) is 0 Å². The van der Waals surface area contributed by atoms with Gasteiger partial charge in [0.05, 0.1) is 11.3 Å². The number of carbonyl (C=O) groups is 1. The van der Waals surface area contributed by atoms with Crippen molar-refractivity contribution in [3.63, 3.8) is 0 Å². The van der Waals surface area contributed by atoms with E-state index in [2.05, 4.69) is 28.0 Å². The summed E-state index contributed by atoms with van der Waals surface area (Å²) < 4.78 is 0.936. The number of hydrogen-bond acceptors (Lipinski definition) is 3. The molecule has 0 atom stereocenters. The van der Waals surface area contributed by atoms with Gasteiger partial charge in [-0.05, 0) is 40.8 Å². The van der Waals surface area contributed by atoms with Crippen LogP contribution in [0.3, 0.4) is 0 Å². The number of nitrogens with two attached hydrogens (primary N) is 1. The fourth-order valence-electron chi connectivity index (χ4n) is 0.822. The molecular weight excluding hydrogens is 271 g/mol. The molecule has 0 aliphatic heterocycles. The summed E-state index contributed by atoms with van der Waals surface area (Å²) in [6.45, 7) is 0. The summed E-state index contributed by atoms with van der Waals surface area (Å²) in [6.07, 6.45) is 0. The SMILES string of the molecule is NNc1cc(I)ccc1C(=O)O. The van der Waals surface area contributed by atoms with Gasteiger partial charge in [-0.1, -0.05) is 0 Å². The number of hydrazine groups is 1. The fourth-order valence-corrected chi connectivity index (χ4v) is 1.31. The number of rotatable bonds is 2. The molecule has 0 radical (unpaired) electrons. The standard InChI is InChI=1S/C7H7IN2O2/c8-4-1-2-5(7(11)12)6(3-4)10-9/h1-3,10H,9H2,(H,11,12). The molecule has 4 nitrogen and oxygen atoms in total. The second kappa shape index (κ2) is 3.72. The predicted molar refractivity (Wildman–Crippen MR) is 53.9 cm³/mol. The number of nitrogen functional groups attached to an aromatic ring is 1. The first-order chi connectivity index (χ1) is 5.65. The molecule has 0 saturated heterocycles. The van der Waals surface area contributed by atoms with Crippen molar-refractivity contribution < 1.29 is 9.90 Å². The van der Waals surface area contributed by atoms with Gasteiger partial charge in [-0.15, -0.1) is 0 Å². The highest BCUT2D eigenvalue weighted by molar-refractivity contribution is 14.1. The van der Waals surface area contributed by atoms with Crippen molar-refractivity contribution in [2.45, 2.75) is 0 Å². The Kier molecular flexibility index (Phi) is 2.88. The lowest BCUT2D eigenvalue weighted by Crippen LogP contribution is -2.11. The van der Waals surface area contributed by atoms with Crippen molar-refractivity contribution in [3.05, 3.63) is 27.3 Å². The molecule has 0 aromatic heterocycles. The number of carboxylic acids is 1. The number of nitrogens with one attached hydrogen (secondary N) is 1. The molecule has 5 heteroatoms. The van der Waals surface area contributed by atoms with E-state index in [-0.39, 0.29) is 5.56 Å². The van der Waals surface area contributed by atoms with E-state index < -0.39 is 5.97 Å². The second-order valence-electron chi connectivity index (χ2n) is 2.14. The number of halogens is 1. The van der Waals surface area contributed by atoms with E-state index in [1.54, 1.807) is 12.1 Å². The zero-order valence-electron chi connectivity index (χ0n) is 6.04. The van der Waals surface area contributed by atoms with E-state index in [0.29, 0.717) is 5.69 Å². The van der Waals surface area contributed by atoms with Gasteiger partial charge in [0.1, 0.15) is 0 Å². The van der Waals surface area contributed by atoms with Crippen LogP contribution in [0.15, 0.2) is 18.2 Å². The van der Waals surface area contributed by atoms with Crippen molar-refractivity contribution in [2.24, 2.45) is 5.84 Å². The molecule has 0 bridgehead atoms. The van der Waals surface area contributed by atoms with Crippen LogP contribution in [0.1, 0.15) is 10.4 Å². The van der Waals surface area contributed by atoms with E-state index in [4.69, 9.17) is 10.9 Å². The van der Waals surface area contributed by atoms with Crippen LogP contribution in [-0.2, 0) is 0 Å². The Labute approximate surface area is 82.9 Å². The maximum absolute atomic E-state index is 10.6. The van der Waals surface area contributed by atoms with Crippen molar-refractivity contribution >= 4 is 34.2 Å². The fraction of sp³-hybridized carbons (Fsp3) is 0. The zero-order valence-corrected chi connectivity index (χ0v) is 8.20. The Morgan fingerprint density at radius 3 is 2.75 bits per heavy atom. The summed E-state index contributed by atoms with van der Waals surface area (Å²) in [5.41, 5.74) is 2.94. The van der Waals surface area contributed by atoms with Crippen LogP contribution < -0.4 is 11.3 Å². The van der Waals surface area contributed by atoms with Gasteiger partial charge in [-0.3, -0.25) is 5.84 Å². The minimum Gasteiger partial charge on any atom is -0.478 e. The second-order valence-corrected chi connectivity index (χ2v) is 3.39. The predicted octanol–water partition coefficient (Wildman–Crippen LogP) is 1.28. The first kappa shape index (κ1) is 9.27. The van der Waals surface area contributed by atoms with Crippen LogP contribution in [0.4, 0.5) is 5.69 Å². The molecule has 12 heavy (non-hydrogen) atoms. The third kappa shape index (κ3) is 1.86. The quantitative estimate of drug-likeness (QED) is 0.432. The highest BCUT2D eigenvalue weighted by atomic mass is 127. The van der Waals surface area contributed by atoms with Crippen LogP contribution in [0.2, 0.25) is 0 Å². The molecule has 0 unspecified atom stereocenters. The van der Waals surface area contributed by atoms with E-state index in [1.165, 1.54) is 6.07 Å². The maximum atomic E-state index is 10.6. The summed E-state index contributed by atoms with van der Waals surface area (Å²) in [7, 11) is 0. The molecule has 1 rings (SSSR count). The average molecular weight is 278 g/mol. The molecule has 0 saturated carbocycles. The lowest BCUT2D eigenvalue weighted by atomic mass is 10.2. The summed E-state index contributed by atoms with van der Waals surface area (Å²) in [5, 5.41) is 8.69. The Bertz CT molecular complexity index is 314. The zero-order chi connectivity index (χ0) is 9.14. The molecule has 0 amide bonds. The van der Waals surface area contributed by atoms with Crippen molar-refractivity contribution in [2.75, 3.05) is 5.43 Å². The van der Waals surface area contributed by atoms with Gasteiger partial charge in [0, 0.05) is 3.57 Å². The molecule has 1 aromatic carbocycles. The lowest BCUT2D eigenvalue weighted by Gasteiger charge is -2.04. The van der Waals surface area contributed by atoms with E-state index >= 15 is 0 Å². The molecule has 0 aliphatic rings. The van der Waals surface area contributed by atoms with E-state index in [9.17, 15) is 4.79 Å². The Hall–Kier alpha value is -0.820. The number of carboxylic acid groups (broad SMARTS) is 1. The summed E-state index contributed by atoms with van der Waals surface area (Å²) >= 11 is 2.08. The van der Waals surface area contributed by atoms with Gasteiger partial charge in [-0.2, -0.15) is 0 Å². The van der Waals surface area contributed by atoms with Crippen LogP contribution >= 0.6 is 22.6 Å². The van der Waals surface area contributed by atoms with Crippen LogP contribution in [0.25, 0.3) is 0 Å². The number of hydrogen-bond donors (Lipinski definition) is 3. The monoisotopic (exact) mass is 278 g/mol. The lowest BCUT2D eigenvalue weighted by molar-refractivity contribution is 0.0698. The van der Waals surface area contributed by atoms with Crippen molar-refractivity contribution in [1.82, 2.24) is 0 Å². The van der Waals surface area contributed by atoms with Gasteiger partial charge in [0.15, 0.2) is 0 Å². The summed E-state index contributed by atoms with van der Waals surface area (Å²) in [5.74, 6) is 4.15. The van der Waals surface area contributed by atoms with Crippen molar-refractivity contribution in [1.29, 1.82) is 0 Å². The molecule has 0 heterocycles. The third-order valence-electron chi connectivity index (χ3n) is 1.37. The largest absolute Gasteiger partial charge is 0.478 e. The molecule has 0 spiro atoms. The summed E-state index contributed by atoms with van der Waals surface area (Å²) in [4.78, 5) is 10.6. The molecular formula is C7H7IN2O2. The first-order valence-electron chi connectivity index (χ1n) is 3.14. The Morgan fingerprint density at radius 1 is 1.58 bits per heavy atom. The van der Waals surface area contributed by atoms with Crippen molar-refractivity contribution in [3.8, 4) is 0 Å². The van der Waals surface area contributed by atoms with Gasteiger partial charge >= 0.3 is 5.97 Å². The van der Waals surface area contributed by atoms with Gasteiger partial charge < -0.3 is 10.5 Å². The average Bonchev–Trinajstić information content (AvgIpc) is 2.03. The molecule has 64 valence electrons. The number of benzene rings is 1. The highest BCUT2D eigenvalue weighted by Gasteiger charge is 2.08. The van der Waals surface area contributed by atoms with Gasteiger partial charge in [0.2, 0.25) is 0 Å². The number of anilines is 1.